The maximum absolute atomic E-state index is 12.6. The average Bonchev–Trinajstić information content (AvgIpc) is 3.53. The van der Waals surface area contributed by atoms with E-state index in [0.29, 0.717) is 27.9 Å². The molecule has 212 valence electrons. The molecule has 0 bridgehead atoms. The van der Waals surface area contributed by atoms with Crippen molar-refractivity contribution in [3.63, 3.8) is 0 Å². The van der Waals surface area contributed by atoms with Crippen LogP contribution in [0.15, 0.2) is 53.4 Å². The zero-order valence-electron chi connectivity index (χ0n) is 21.4. The quantitative estimate of drug-likeness (QED) is 0.246. The van der Waals surface area contributed by atoms with Crippen molar-refractivity contribution in [3.8, 4) is 11.1 Å². The van der Waals surface area contributed by atoms with Gasteiger partial charge < -0.3 is 10.1 Å². The van der Waals surface area contributed by atoms with E-state index in [-0.39, 0.29) is 37.3 Å². The molecule has 0 radical (unpaired) electrons. The van der Waals surface area contributed by atoms with Crippen molar-refractivity contribution in [2.24, 2.45) is 0 Å². The molecule has 2 aromatic rings. The van der Waals surface area contributed by atoms with Gasteiger partial charge in [-0.2, -0.15) is 8.42 Å². The van der Waals surface area contributed by atoms with E-state index in [1.54, 1.807) is 18.2 Å². The molecule has 13 nitrogen and oxygen atoms in total. The lowest BCUT2D eigenvalue weighted by Crippen LogP contribution is -2.35. The highest BCUT2D eigenvalue weighted by Gasteiger charge is 2.34. The predicted molar refractivity (Wildman–Crippen MR) is 140 cm³/mol. The number of hydrogen-bond donors (Lipinski definition) is 2. The van der Waals surface area contributed by atoms with Crippen LogP contribution in [0.4, 0.5) is 5.69 Å². The molecule has 1 aliphatic carbocycles. The summed E-state index contributed by atoms with van der Waals surface area (Å²) in [5.74, 6) is -3.97. The highest BCUT2D eigenvalue weighted by Crippen LogP contribution is 2.46. The van der Waals surface area contributed by atoms with Gasteiger partial charge in [-0.15, -0.1) is 0 Å². The summed E-state index contributed by atoms with van der Waals surface area (Å²) in [6.45, 7) is -0.942. The molecule has 1 unspecified atom stereocenters. The van der Waals surface area contributed by atoms with Gasteiger partial charge in [0.2, 0.25) is 17.7 Å². The number of nitrogens with one attached hydrogen (secondary N) is 1. The Morgan fingerprint density at radius 1 is 0.902 bits per heavy atom. The molecule has 2 aliphatic heterocycles. The number of carbonyl (C=O) groups excluding carboxylic acids is 6. The van der Waals surface area contributed by atoms with E-state index in [1.165, 1.54) is 18.2 Å². The van der Waals surface area contributed by atoms with Gasteiger partial charge in [0.05, 0.1) is 4.90 Å². The van der Waals surface area contributed by atoms with Crippen LogP contribution >= 0.6 is 0 Å². The molecule has 1 atom stereocenters. The number of fused-ring (bicyclic) bond motifs is 3. The van der Waals surface area contributed by atoms with Gasteiger partial charge in [0, 0.05) is 49.6 Å². The van der Waals surface area contributed by atoms with Gasteiger partial charge >= 0.3 is 5.97 Å². The van der Waals surface area contributed by atoms with Crippen molar-refractivity contribution in [2.45, 2.75) is 30.1 Å². The fourth-order valence-corrected chi connectivity index (χ4v) is 5.51. The highest BCUT2D eigenvalue weighted by atomic mass is 32.2. The van der Waals surface area contributed by atoms with Crippen LogP contribution in [0, 0.1) is 0 Å². The minimum Gasteiger partial charge on any atom is -0.463 e. The number of nitrogens with zero attached hydrogens (tertiary/aromatic N) is 2. The van der Waals surface area contributed by atoms with Crippen LogP contribution in [-0.2, 0) is 43.6 Å². The molecule has 0 saturated carbocycles. The Balaban J connectivity index is 1.35. The number of amides is 5. The Hall–Kier alpha value is -4.69. The molecule has 1 fully saturated rings. The molecule has 1 saturated heterocycles. The Bertz CT molecular complexity index is 1630. The molecule has 0 aromatic heterocycles. The molecule has 5 rings (SSSR count). The van der Waals surface area contributed by atoms with Crippen LogP contribution in [0.1, 0.15) is 36.3 Å². The van der Waals surface area contributed by atoms with E-state index in [4.69, 9.17) is 4.74 Å². The summed E-state index contributed by atoms with van der Waals surface area (Å²) in [6, 6.07) is 8.95. The van der Waals surface area contributed by atoms with Gasteiger partial charge in [0.15, 0.2) is 0 Å². The van der Waals surface area contributed by atoms with Crippen LogP contribution in [0.3, 0.4) is 0 Å². The highest BCUT2D eigenvalue weighted by molar-refractivity contribution is 7.85. The number of rotatable bonds is 9. The van der Waals surface area contributed by atoms with E-state index < -0.39 is 58.1 Å². The van der Waals surface area contributed by atoms with Gasteiger partial charge in [-0.3, -0.25) is 43.1 Å². The maximum atomic E-state index is 12.6. The van der Waals surface area contributed by atoms with Gasteiger partial charge in [0.1, 0.15) is 13.2 Å². The first-order valence-corrected chi connectivity index (χ1v) is 13.9. The normalized spacial score (nSPS) is 17.7. The second-order valence-corrected chi connectivity index (χ2v) is 11.0. The number of anilines is 1. The number of carbonyl (C=O) groups is 6. The second kappa shape index (κ2) is 10.7. The Labute approximate surface area is 233 Å². The third-order valence-electron chi connectivity index (χ3n) is 7.01. The van der Waals surface area contributed by atoms with Gasteiger partial charge in [-0.1, -0.05) is 12.1 Å². The largest absolute Gasteiger partial charge is 0.463 e. The first-order valence-electron chi connectivity index (χ1n) is 12.5. The fraction of sp³-hybridized carbons (Fsp3) is 0.259. The van der Waals surface area contributed by atoms with E-state index in [9.17, 15) is 41.7 Å². The topological polar surface area (TPSA) is 185 Å². The summed E-state index contributed by atoms with van der Waals surface area (Å²) in [4.78, 5) is 73.6. The van der Waals surface area contributed by atoms with Crippen molar-refractivity contribution < 1.29 is 46.5 Å². The van der Waals surface area contributed by atoms with Crippen molar-refractivity contribution >= 4 is 51.3 Å². The Kier molecular flexibility index (Phi) is 7.28. The summed E-state index contributed by atoms with van der Waals surface area (Å²) in [6.07, 6.45) is 2.14. The van der Waals surface area contributed by atoms with E-state index in [1.807, 2.05) is 0 Å². The van der Waals surface area contributed by atoms with Crippen LogP contribution < -0.4 is 5.32 Å². The molecule has 14 heteroatoms. The molecule has 2 N–H and O–H groups in total. The first kappa shape index (κ1) is 27.9. The van der Waals surface area contributed by atoms with E-state index >= 15 is 0 Å². The van der Waals surface area contributed by atoms with E-state index in [0.717, 1.165) is 22.0 Å². The number of hydrogen-bond acceptors (Lipinski definition) is 9. The summed E-state index contributed by atoms with van der Waals surface area (Å²) < 4.78 is 38.6. The number of benzene rings is 2. The average molecular weight is 582 g/mol. The fourth-order valence-electron chi connectivity index (χ4n) is 4.99. The summed E-state index contributed by atoms with van der Waals surface area (Å²) in [5.41, 5.74) is 2.68. The molecule has 3 aliphatic rings. The van der Waals surface area contributed by atoms with Crippen LogP contribution in [-0.4, -0.2) is 78.0 Å². The second-order valence-electron chi connectivity index (χ2n) is 9.59. The minimum atomic E-state index is -4.54. The van der Waals surface area contributed by atoms with Crippen molar-refractivity contribution in [3.05, 3.63) is 59.7 Å². The van der Waals surface area contributed by atoms with Crippen LogP contribution in [0.5, 0.6) is 0 Å². The molecule has 5 amide bonds. The molecular weight excluding hydrogens is 558 g/mol. The smallest absolute Gasteiger partial charge is 0.326 e. The number of ether oxygens (including phenoxy) is 1. The molecular formula is C27H23N3O10S. The first-order chi connectivity index (χ1) is 19.4. The number of likely N-dealkylation sites (tertiary alicyclic amines) is 1. The summed E-state index contributed by atoms with van der Waals surface area (Å²) in [7, 11) is -4.54. The zero-order chi connectivity index (χ0) is 29.5. The molecule has 0 spiro atoms. The number of esters is 1. The molecule has 2 aromatic carbocycles. The SMILES string of the molecule is O=C(CCN1C(=O)C=CC1=O)Nc1ccc2c(c1)C(COC(=O)CN1C(=O)CCC1=O)c1cc(S(=O)(=O)O)ccc1-2. The minimum absolute atomic E-state index is 0.0178. The lowest BCUT2D eigenvalue weighted by Gasteiger charge is -2.17. The molecule has 2 heterocycles. The van der Waals surface area contributed by atoms with Crippen molar-refractivity contribution in [1.82, 2.24) is 9.80 Å². The van der Waals surface area contributed by atoms with Gasteiger partial charge in [0.25, 0.3) is 21.9 Å². The summed E-state index contributed by atoms with van der Waals surface area (Å²) in [5, 5.41) is 2.70. The predicted octanol–water partition coefficient (Wildman–Crippen LogP) is 0.991. The standard InChI is InChI=1S/C27H23N3O10S/c31-22(9-10-29-23(32)5-6-24(29)33)28-15-1-3-17-18-4-2-16(41(37,38)39)12-20(18)21(19(17)11-15)14-40-27(36)13-30-25(34)7-8-26(30)35/h1-6,11-12,21H,7-10,13-14H2,(H,28,31)(H,37,38,39). The third-order valence-corrected chi connectivity index (χ3v) is 7.86. The zero-order valence-corrected chi connectivity index (χ0v) is 22.2. The number of imide groups is 2. The van der Waals surface area contributed by atoms with Crippen molar-refractivity contribution in [2.75, 3.05) is 25.0 Å². The molecule has 41 heavy (non-hydrogen) atoms. The van der Waals surface area contributed by atoms with Crippen LogP contribution in [0.25, 0.3) is 11.1 Å². The van der Waals surface area contributed by atoms with Crippen LogP contribution in [0.2, 0.25) is 0 Å². The van der Waals surface area contributed by atoms with Gasteiger partial charge in [-0.25, -0.2) is 0 Å². The monoisotopic (exact) mass is 581 g/mol. The van der Waals surface area contributed by atoms with Gasteiger partial charge in [-0.05, 0) is 46.5 Å². The third kappa shape index (κ3) is 5.64. The Morgan fingerprint density at radius 2 is 1.51 bits per heavy atom. The maximum Gasteiger partial charge on any atom is 0.326 e. The Morgan fingerprint density at radius 3 is 2.15 bits per heavy atom. The van der Waals surface area contributed by atoms with E-state index in [2.05, 4.69) is 5.32 Å². The lowest BCUT2D eigenvalue weighted by molar-refractivity contribution is -0.152. The summed E-state index contributed by atoms with van der Waals surface area (Å²) >= 11 is 0. The van der Waals surface area contributed by atoms with Crippen molar-refractivity contribution in [1.29, 1.82) is 0 Å². The lowest BCUT2D eigenvalue weighted by atomic mass is 9.97.